The summed E-state index contributed by atoms with van der Waals surface area (Å²) in [6, 6.07) is 8.97. The molecule has 3 aromatic rings. The molecule has 1 aliphatic heterocycles. The Balaban J connectivity index is 1.39. The summed E-state index contributed by atoms with van der Waals surface area (Å²) >= 11 is 1.44. The number of likely N-dealkylation sites (tertiary alicyclic amines) is 1. The Morgan fingerprint density at radius 2 is 2.07 bits per heavy atom. The topological polar surface area (TPSA) is 92.2 Å². The van der Waals surface area contributed by atoms with Crippen molar-refractivity contribution in [2.45, 2.75) is 25.3 Å². The summed E-state index contributed by atoms with van der Waals surface area (Å²) in [5, 5.41) is 12.4. The first-order chi connectivity index (χ1) is 14.6. The molecule has 1 atom stereocenters. The van der Waals surface area contributed by atoms with E-state index < -0.39 is 0 Å². The molecule has 8 nitrogen and oxygen atoms in total. The highest BCUT2D eigenvalue weighted by atomic mass is 32.1. The summed E-state index contributed by atoms with van der Waals surface area (Å²) in [5.41, 5.74) is 2.08. The number of amides is 3. The van der Waals surface area contributed by atoms with Crippen LogP contribution < -0.4 is 10.6 Å². The molecular formula is C21H24N6O2S. The molecular weight excluding hydrogens is 400 g/mol. The summed E-state index contributed by atoms with van der Waals surface area (Å²) in [5.74, 6) is -0.0867. The molecule has 3 heterocycles. The van der Waals surface area contributed by atoms with Gasteiger partial charge in [0.2, 0.25) is 0 Å². The second kappa shape index (κ2) is 9.08. The standard InChI is InChI=1S/C21H24N6O2S/c1-26-13-15(11-23-26)19-25-18(14-30-19)20(28)27-10-6-5-9-17(27)12-22-21(29)24-16-7-3-2-4-8-16/h2-4,7-8,11,13-14,17H,5-6,9-10,12H2,1H3,(H2,22,24,29). The van der Waals surface area contributed by atoms with Crippen LogP contribution in [0.1, 0.15) is 29.8 Å². The number of anilines is 1. The fourth-order valence-electron chi connectivity index (χ4n) is 3.57. The Hall–Kier alpha value is -3.20. The zero-order valence-corrected chi connectivity index (χ0v) is 17.6. The SMILES string of the molecule is Cn1cc(-c2nc(C(=O)N3CCCCC3CNC(=O)Nc3ccccc3)cs2)cn1. The number of hydrogen-bond acceptors (Lipinski definition) is 5. The van der Waals surface area contributed by atoms with E-state index in [1.807, 2.05) is 48.5 Å². The van der Waals surface area contributed by atoms with E-state index in [4.69, 9.17) is 0 Å². The highest BCUT2D eigenvalue weighted by Gasteiger charge is 2.29. The zero-order valence-electron chi connectivity index (χ0n) is 16.7. The molecule has 0 saturated carbocycles. The molecule has 1 saturated heterocycles. The van der Waals surface area contributed by atoms with Gasteiger partial charge in [0.1, 0.15) is 10.7 Å². The van der Waals surface area contributed by atoms with Gasteiger partial charge < -0.3 is 15.5 Å². The number of rotatable bonds is 5. The van der Waals surface area contributed by atoms with Crippen LogP contribution in [0, 0.1) is 0 Å². The minimum absolute atomic E-state index is 0.0451. The predicted octanol–water partition coefficient (Wildman–Crippen LogP) is 3.36. The van der Waals surface area contributed by atoms with Gasteiger partial charge in [-0.1, -0.05) is 18.2 Å². The number of aromatic nitrogens is 3. The molecule has 2 N–H and O–H groups in total. The molecule has 156 valence electrons. The van der Waals surface area contributed by atoms with Gasteiger partial charge >= 0.3 is 6.03 Å². The third-order valence-electron chi connectivity index (χ3n) is 5.09. The maximum absolute atomic E-state index is 13.1. The van der Waals surface area contributed by atoms with E-state index >= 15 is 0 Å². The summed E-state index contributed by atoms with van der Waals surface area (Å²) in [6.07, 6.45) is 6.47. The molecule has 0 bridgehead atoms. The van der Waals surface area contributed by atoms with Crippen LogP contribution in [0.25, 0.3) is 10.6 Å². The molecule has 0 spiro atoms. The molecule has 30 heavy (non-hydrogen) atoms. The third-order valence-corrected chi connectivity index (χ3v) is 5.98. The largest absolute Gasteiger partial charge is 0.336 e. The van der Waals surface area contributed by atoms with Crippen molar-refractivity contribution in [3.05, 3.63) is 53.8 Å². The van der Waals surface area contributed by atoms with Gasteiger partial charge in [0, 0.05) is 49.0 Å². The van der Waals surface area contributed by atoms with Gasteiger partial charge in [-0.25, -0.2) is 9.78 Å². The average molecular weight is 425 g/mol. The smallest absolute Gasteiger partial charge is 0.319 e. The van der Waals surface area contributed by atoms with Crippen molar-refractivity contribution in [1.29, 1.82) is 0 Å². The van der Waals surface area contributed by atoms with Gasteiger partial charge in [-0.3, -0.25) is 9.48 Å². The van der Waals surface area contributed by atoms with Gasteiger partial charge in [0.15, 0.2) is 0 Å². The summed E-state index contributed by atoms with van der Waals surface area (Å²) in [4.78, 5) is 31.7. The number of aryl methyl sites for hydroxylation is 1. The fourth-order valence-corrected chi connectivity index (χ4v) is 4.34. The Labute approximate surface area is 178 Å². The molecule has 9 heteroatoms. The van der Waals surface area contributed by atoms with Crippen molar-refractivity contribution in [2.24, 2.45) is 7.05 Å². The highest BCUT2D eigenvalue weighted by Crippen LogP contribution is 2.25. The molecule has 0 radical (unpaired) electrons. The lowest BCUT2D eigenvalue weighted by atomic mass is 10.0. The van der Waals surface area contributed by atoms with Crippen molar-refractivity contribution in [1.82, 2.24) is 25.0 Å². The van der Waals surface area contributed by atoms with Crippen LogP contribution in [-0.4, -0.2) is 50.7 Å². The van der Waals surface area contributed by atoms with Crippen LogP contribution in [0.4, 0.5) is 10.5 Å². The number of nitrogens with zero attached hydrogens (tertiary/aromatic N) is 4. The molecule has 1 unspecified atom stereocenters. The number of thiazole rings is 1. The summed E-state index contributed by atoms with van der Waals surface area (Å²) < 4.78 is 1.71. The first-order valence-corrected chi connectivity index (χ1v) is 10.8. The molecule has 1 aliphatic rings. The Kier molecular flexibility index (Phi) is 6.08. The third kappa shape index (κ3) is 4.68. The van der Waals surface area contributed by atoms with Crippen molar-refractivity contribution >= 4 is 29.0 Å². The number of piperidine rings is 1. The maximum atomic E-state index is 13.1. The number of carbonyl (C=O) groups is 2. The quantitative estimate of drug-likeness (QED) is 0.657. The van der Waals surface area contributed by atoms with Crippen LogP contribution in [0.2, 0.25) is 0 Å². The lowest BCUT2D eigenvalue weighted by Crippen LogP contribution is -2.50. The first-order valence-electron chi connectivity index (χ1n) is 9.95. The van der Waals surface area contributed by atoms with E-state index in [0.717, 1.165) is 35.5 Å². The Bertz CT molecular complexity index is 1020. The number of para-hydroxylation sites is 1. The van der Waals surface area contributed by atoms with E-state index in [1.165, 1.54) is 11.3 Å². The van der Waals surface area contributed by atoms with Crippen molar-refractivity contribution < 1.29 is 9.59 Å². The van der Waals surface area contributed by atoms with E-state index in [9.17, 15) is 9.59 Å². The molecule has 4 rings (SSSR count). The molecule has 0 aliphatic carbocycles. The maximum Gasteiger partial charge on any atom is 0.319 e. The van der Waals surface area contributed by atoms with E-state index in [1.54, 1.807) is 16.3 Å². The Morgan fingerprint density at radius 3 is 2.83 bits per heavy atom. The number of carbonyl (C=O) groups excluding carboxylic acids is 2. The van der Waals surface area contributed by atoms with Crippen molar-refractivity contribution in [2.75, 3.05) is 18.4 Å². The summed E-state index contributed by atoms with van der Waals surface area (Å²) in [6.45, 7) is 1.08. The monoisotopic (exact) mass is 424 g/mol. The lowest BCUT2D eigenvalue weighted by Gasteiger charge is -2.35. The number of hydrogen-bond donors (Lipinski definition) is 2. The number of nitrogens with one attached hydrogen (secondary N) is 2. The molecule has 2 aromatic heterocycles. The van der Waals surface area contributed by atoms with E-state index in [2.05, 4.69) is 20.7 Å². The minimum atomic E-state index is -0.272. The van der Waals surface area contributed by atoms with Crippen molar-refractivity contribution in [3.8, 4) is 10.6 Å². The minimum Gasteiger partial charge on any atom is -0.336 e. The molecule has 3 amide bonds. The van der Waals surface area contributed by atoms with E-state index in [-0.39, 0.29) is 18.0 Å². The summed E-state index contributed by atoms with van der Waals surface area (Å²) in [7, 11) is 1.85. The van der Waals surface area contributed by atoms with Crippen LogP contribution in [0.15, 0.2) is 48.1 Å². The lowest BCUT2D eigenvalue weighted by molar-refractivity contribution is 0.0610. The normalized spacial score (nSPS) is 16.3. The van der Waals surface area contributed by atoms with Crippen LogP contribution in [0.5, 0.6) is 0 Å². The van der Waals surface area contributed by atoms with Crippen molar-refractivity contribution in [3.63, 3.8) is 0 Å². The molecule has 1 fully saturated rings. The Morgan fingerprint density at radius 1 is 1.23 bits per heavy atom. The van der Waals surface area contributed by atoms with Gasteiger partial charge in [0.25, 0.3) is 5.91 Å². The fraction of sp³-hybridized carbons (Fsp3) is 0.333. The number of benzene rings is 1. The second-order valence-corrected chi connectivity index (χ2v) is 8.15. The first kappa shape index (κ1) is 20.1. The van der Waals surface area contributed by atoms with Gasteiger partial charge in [-0.15, -0.1) is 11.3 Å². The highest BCUT2D eigenvalue weighted by molar-refractivity contribution is 7.13. The van der Waals surface area contributed by atoms with Gasteiger partial charge in [-0.05, 0) is 31.4 Å². The zero-order chi connectivity index (χ0) is 20.9. The molecule has 1 aromatic carbocycles. The van der Waals surface area contributed by atoms with Gasteiger partial charge in [-0.2, -0.15) is 5.10 Å². The van der Waals surface area contributed by atoms with Crippen LogP contribution in [-0.2, 0) is 7.05 Å². The average Bonchev–Trinajstić information content (AvgIpc) is 3.42. The van der Waals surface area contributed by atoms with E-state index in [0.29, 0.717) is 18.8 Å². The number of urea groups is 1. The van der Waals surface area contributed by atoms with Crippen LogP contribution >= 0.6 is 11.3 Å². The predicted molar refractivity (Wildman–Crippen MR) is 116 cm³/mol. The van der Waals surface area contributed by atoms with Gasteiger partial charge in [0.05, 0.1) is 6.20 Å². The second-order valence-electron chi connectivity index (χ2n) is 7.29. The van der Waals surface area contributed by atoms with Crippen LogP contribution in [0.3, 0.4) is 0 Å².